The zero-order chi connectivity index (χ0) is 17.3. The molecule has 0 saturated carbocycles. The van der Waals surface area contributed by atoms with Gasteiger partial charge in [0.1, 0.15) is 5.75 Å². The van der Waals surface area contributed by atoms with Crippen molar-refractivity contribution in [1.29, 1.82) is 0 Å². The molecule has 24 heavy (non-hydrogen) atoms. The van der Waals surface area contributed by atoms with Crippen LogP contribution >= 0.6 is 15.9 Å². The summed E-state index contributed by atoms with van der Waals surface area (Å²) in [6, 6.07) is 12.4. The molecule has 124 valence electrons. The minimum atomic E-state index is -0.448. The van der Waals surface area contributed by atoms with Crippen molar-refractivity contribution in [3.8, 4) is 5.75 Å². The Hall–Kier alpha value is -2.34. The van der Waals surface area contributed by atoms with E-state index in [1.807, 2.05) is 31.2 Å². The van der Waals surface area contributed by atoms with Gasteiger partial charge < -0.3 is 15.3 Å². The number of anilines is 2. The van der Waals surface area contributed by atoms with Gasteiger partial charge in [0.15, 0.2) is 0 Å². The third-order valence-electron chi connectivity index (χ3n) is 4.03. The number of aromatic hydroxyl groups is 1. The van der Waals surface area contributed by atoms with Crippen LogP contribution in [0, 0.1) is 12.8 Å². The first-order valence-corrected chi connectivity index (χ1v) is 8.40. The average molecular weight is 389 g/mol. The summed E-state index contributed by atoms with van der Waals surface area (Å²) in [6.45, 7) is 2.21. The van der Waals surface area contributed by atoms with Gasteiger partial charge in [-0.15, -0.1) is 0 Å². The number of halogens is 1. The first-order valence-electron chi connectivity index (χ1n) is 7.60. The normalized spacial score (nSPS) is 17.2. The topological polar surface area (TPSA) is 69.6 Å². The Kier molecular flexibility index (Phi) is 4.57. The second-order valence-corrected chi connectivity index (χ2v) is 6.81. The quantitative estimate of drug-likeness (QED) is 0.791. The van der Waals surface area contributed by atoms with Gasteiger partial charge in [0, 0.05) is 23.1 Å². The first-order chi connectivity index (χ1) is 11.4. The van der Waals surface area contributed by atoms with Crippen LogP contribution in [-0.2, 0) is 9.59 Å². The SMILES string of the molecule is Cc1ccc(O)c(NC(=O)C2CC(=O)N(c3cccc(Br)c3)C2)c1. The number of phenols is 1. The largest absolute Gasteiger partial charge is 0.506 e. The molecule has 6 heteroatoms. The van der Waals surface area contributed by atoms with Crippen molar-refractivity contribution in [2.75, 3.05) is 16.8 Å². The van der Waals surface area contributed by atoms with E-state index >= 15 is 0 Å². The van der Waals surface area contributed by atoms with E-state index in [9.17, 15) is 14.7 Å². The van der Waals surface area contributed by atoms with Crippen LogP contribution in [0.15, 0.2) is 46.9 Å². The fourth-order valence-electron chi connectivity index (χ4n) is 2.76. The van der Waals surface area contributed by atoms with Gasteiger partial charge in [0.2, 0.25) is 11.8 Å². The molecule has 0 aliphatic carbocycles. The highest BCUT2D eigenvalue weighted by Gasteiger charge is 2.35. The number of amides is 2. The summed E-state index contributed by atoms with van der Waals surface area (Å²) in [6.07, 6.45) is 0.158. The van der Waals surface area contributed by atoms with E-state index in [0.717, 1.165) is 15.7 Å². The average Bonchev–Trinajstić information content (AvgIpc) is 2.93. The van der Waals surface area contributed by atoms with Crippen LogP contribution in [0.5, 0.6) is 5.75 Å². The molecule has 1 fully saturated rings. The van der Waals surface area contributed by atoms with Gasteiger partial charge in [-0.05, 0) is 42.8 Å². The van der Waals surface area contributed by atoms with Crippen molar-refractivity contribution >= 4 is 39.1 Å². The smallest absolute Gasteiger partial charge is 0.229 e. The summed E-state index contributed by atoms with van der Waals surface area (Å²) in [4.78, 5) is 26.3. The Morgan fingerprint density at radius 3 is 2.83 bits per heavy atom. The highest BCUT2D eigenvalue weighted by Crippen LogP contribution is 2.29. The fourth-order valence-corrected chi connectivity index (χ4v) is 3.15. The lowest BCUT2D eigenvalue weighted by molar-refractivity contribution is -0.122. The standard InChI is InChI=1S/C18H17BrN2O3/c1-11-5-6-16(22)15(7-11)20-18(24)12-8-17(23)21(10-12)14-4-2-3-13(19)9-14/h2-7,9,12,22H,8,10H2,1H3,(H,20,24). The molecule has 1 unspecified atom stereocenters. The molecular formula is C18H17BrN2O3. The summed E-state index contributed by atoms with van der Waals surface area (Å²) in [5.74, 6) is -0.776. The van der Waals surface area contributed by atoms with Gasteiger partial charge in [0.25, 0.3) is 0 Å². The number of nitrogens with zero attached hydrogens (tertiary/aromatic N) is 1. The molecule has 0 bridgehead atoms. The minimum absolute atomic E-state index is 0.0159. The Bertz CT molecular complexity index is 807. The number of hydrogen-bond acceptors (Lipinski definition) is 3. The van der Waals surface area contributed by atoms with Crippen LogP contribution in [0.2, 0.25) is 0 Å². The maximum atomic E-state index is 12.5. The van der Waals surface area contributed by atoms with E-state index in [1.54, 1.807) is 23.1 Å². The number of carbonyl (C=O) groups is 2. The molecule has 2 aromatic rings. The minimum Gasteiger partial charge on any atom is -0.506 e. The van der Waals surface area contributed by atoms with Crippen molar-refractivity contribution in [2.45, 2.75) is 13.3 Å². The molecule has 0 radical (unpaired) electrons. The van der Waals surface area contributed by atoms with Gasteiger partial charge in [-0.3, -0.25) is 9.59 Å². The van der Waals surface area contributed by atoms with Gasteiger partial charge in [-0.2, -0.15) is 0 Å². The molecule has 0 aromatic heterocycles. The molecule has 1 aliphatic rings. The summed E-state index contributed by atoms with van der Waals surface area (Å²) < 4.78 is 0.880. The monoisotopic (exact) mass is 388 g/mol. The zero-order valence-corrected chi connectivity index (χ0v) is 14.7. The maximum Gasteiger partial charge on any atom is 0.229 e. The third-order valence-corrected chi connectivity index (χ3v) is 4.52. The predicted octanol–water partition coefficient (Wildman–Crippen LogP) is 3.45. The van der Waals surface area contributed by atoms with Crippen molar-refractivity contribution < 1.29 is 14.7 Å². The van der Waals surface area contributed by atoms with Crippen LogP contribution in [-0.4, -0.2) is 23.5 Å². The summed E-state index contributed by atoms with van der Waals surface area (Å²) in [5, 5.41) is 12.6. The van der Waals surface area contributed by atoms with Crippen LogP contribution in [0.3, 0.4) is 0 Å². The lowest BCUT2D eigenvalue weighted by Gasteiger charge is -2.17. The third kappa shape index (κ3) is 3.43. The highest BCUT2D eigenvalue weighted by molar-refractivity contribution is 9.10. The van der Waals surface area contributed by atoms with Crippen LogP contribution < -0.4 is 10.2 Å². The highest BCUT2D eigenvalue weighted by atomic mass is 79.9. The number of phenolic OH excluding ortho intramolecular Hbond substituents is 1. The number of rotatable bonds is 3. The van der Waals surface area contributed by atoms with Crippen LogP contribution in [0.1, 0.15) is 12.0 Å². The summed E-state index contributed by atoms with van der Waals surface area (Å²) in [7, 11) is 0. The predicted molar refractivity (Wildman–Crippen MR) is 96.1 cm³/mol. The Labute approximate surface area is 148 Å². The second kappa shape index (κ2) is 6.65. The van der Waals surface area contributed by atoms with Gasteiger partial charge in [-0.1, -0.05) is 28.1 Å². The van der Waals surface area contributed by atoms with Crippen molar-refractivity contribution in [3.63, 3.8) is 0 Å². The molecule has 2 N–H and O–H groups in total. The van der Waals surface area contributed by atoms with E-state index in [1.165, 1.54) is 0 Å². The summed E-state index contributed by atoms with van der Waals surface area (Å²) in [5.41, 5.74) is 2.07. The van der Waals surface area contributed by atoms with Crippen molar-refractivity contribution in [3.05, 3.63) is 52.5 Å². The molecule has 5 nitrogen and oxygen atoms in total. The van der Waals surface area contributed by atoms with E-state index in [-0.39, 0.29) is 24.0 Å². The number of nitrogens with one attached hydrogen (secondary N) is 1. The number of benzene rings is 2. The lowest BCUT2D eigenvalue weighted by Crippen LogP contribution is -2.28. The van der Waals surface area contributed by atoms with E-state index in [0.29, 0.717) is 12.2 Å². The lowest BCUT2D eigenvalue weighted by atomic mass is 10.1. The van der Waals surface area contributed by atoms with Crippen LogP contribution in [0.25, 0.3) is 0 Å². The number of aryl methyl sites for hydroxylation is 1. The van der Waals surface area contributed by atoms with E-state index in [4.69, 9.17) is 0 Å². The molecule has 0 spiro atoms. The van der Waals surface area contributed by atoms with Crippen molar-refractivity contribution in [1.82, 2.24) is 0 Å². The van der Waals surface area contributed by atoms with E-state index < -0.39 is 5.92 Å². The maximum absolute atomic E-state index is 12.5. The fraction of sp³-hybridized carbons (Fsp3) is 0.222. The van der Waals surface area contributed by atoms with Crippen LogP contribution in [0.4, 0.5) is 11.4 Å². The Morgan fingerprint density at radius 2 is 2.08 bits per heavy atom. The molecule has 1 atom stereocenters. The molecule has 3 rings (SSSR count). The number of hydrogen-bond donors (Lipinski definition) is 2. The molecule has 1 aliphatic heterocycles. The summed E-state index contributed by atoms with van der Waals surface area (Å²) >= 11 is 3.39. The number of carbonyl (C=O) groups excluding carboxylic acids is 2. The van der Waals surface area contributed by atoms with Gasteiger partial charge >= 0.3 is 0 Å². The Morgan fingerprint density at radius 1 is 1.29 bits per heavy atom. The van der Waals surface area contributed by atoms with E-state index in [2.05, 4.69) is 21.2 Å². The van der Waals surface area contributed by atoms with Crippen molar-refractivity contribution in [2.24, 2.45) is 5.92 Å². The Balaban J connectivity index is 1.73. The molecular weight excluding hydrogens is 372 g/mol. The van der Waals surface area contributed by atoms with Gasteiger partial charge in [-0.25, -0.2) is 0 Å². The van der Waals surface area contributed by atoms with Gasteiger partial charge in [0.05, 0.1) is 11.6 Å². The molecule has 2 aromatic carbocycles. The molecule has 1 heterocycles. The molecule has 1 saturated heterocycles. The zero-order valence-electron chi connectivity index (χ0n) is 13.1. The second-order valence-electron chi connectivity index (χ2n) is 5.90. The molecule has 2 amide bonds. The first kappa shape index (κ1) is 16.5.